The molecule has 100 valence electrons. The average molecular weight is 247 g/mol. The Morgan fingerprint density at radius 3 is 2.67 bits per heavy atom. The van der Waals surface area contributed by atoms with E-state index < -0.39 is 0 Å². The van der Waals surface area contributed by atoms with Crippen molar-refractivity contribution in [2.75, 3.05) is 26.2 Å². The van der Waals surface area contributed by atoms with E-state index in [1.165, 1.54) is 11.4 Å². The van der Waals surface area contributed by atoms with Crippen LogP contribution in [0.15, 0.2) is 28.9 Å². The smallest absolute Gasteiger partial charge is 0.0446 e. The Balaban J connectivity index is 2.10. The van der Waals surface area contributed by atoms with Gasteiger partial charge in [-0.15, -0.1) is 0 Å². The van der Waals surface area contributed by atoms with Crippen LogP contribution in [0, 0.1) is 5.92 Å². The van der Waals surface area contributed by atoms with Crippen LogP contribution in [0.3, 0.4) is 0 Å². The molecule has 0 amide bonds. The molecule has 1 fully saturated rings. The quantitative estimate of drug-likeness (QED) is 0.810. The highest BCUT2D eigenvalue weighted by Crippen LogP contribution is 2.18. The lowest BCUT2D eigenvalue weighted by atomic mass is 10.0. The topological polar surface area (TPSA) is 27.6 Å². The summed E-state index contributed by atoms with van der Waals surface area (Å²) in [5.74, 6) is 0.532. The zero-order valence-electron chi connectivity index (χ0n) is 11.8. The van der Waals surface area contributed by atoms with Crippen molar-refractivity contribution in [3.8, 4) is 0 Å². The normalized spacial score (nSPS) is 27.6. The monoisotopic (exact) mass is 247 g/mol. The van der Waals surface area contributed by atoms with Crippen LogP contribution < -0.4 is 5.32 Å². The number of allylic oxidation sites excluding steroid dienone is 3. The van der Waals surface area contributed by atoms with E-state index in [0.29, 0.717) is 12.0 Å². The van der Waals surface area contributed by atoms with Crippen LogP contribution >= 0.6 is 0 Å². The van der Waals surface area contributed by atoms with Crippen LogP contribution in [-0.4, -0.2) is 42.8 Å². The van der Waals surface area contributed by atoms with E-state index in [1.807, 2.05) is 0 Å². The molecule has 1 heterocycles. The van der Waals surface area contributed by atoms with Gasteiger partial charge < -0.3 is 10.2 Å². The molecule has 3 heteroatoms. The number of piperazine rings is 1. The lowest BCUT2D eigenvalue weighted by Crippen LogP contribution is -2.42. The first kappa shape index (κ1) is 13.3. The Kier molecular flexibility index (Phi) is 4.59. The molecule has 1 saturated heterocycles. The second kappa shape index (κ2) is 6.19. The van der Waals surface area contributed by atoms with Crippen molar-refractivity contribution in [1.82, 2.24) is 10.2 Å². The molecule has 1 unspecified atom stereocenters. The molecule has 0 radical (unpaired) electrons. The standard InChI is InChI=1S/C15H25N3/c1-12(2)17-15-7-6-14(5-4-13(15)3)18-10-8-16-9-11-18/h5-7,12-13,16H,4,8-11H2,1-3H3. The minimum absolute atomic E-state index is 0.382. The third-order valence-electron chi connectivity index (χ3n) is 3.50. The Bertz CT molecular complexity index is 360. The highest BCUT2D eigenvalue weighted by atomic mass is 15.2. The molecule has 0 saturated carbocycles. The van der Waals surface area contributed by atoms with Gasteiger partial charge in [0.2, 0.25) is 0 Å². The number of nitrogens with zero attached hydrogens (tertiary/aromatic N) is 2. The molecule has 0 aromatic heterocycles. The molecule has 1 aliphatic heterocycles. The van der Waals surface area contributed by atoms with Gasteiger partial charge in [0.25, 0.3) is 0 Å². The third kappa shape index (κ3) is 3.45. The largest absolute Gasteiger partial charge is 0.369 e. The first-order valence-corrected chi connectivity index (χ1v) is 7.08. The number of hydrogen-bond donors (Lipinski definition) is 1. The van der Waals surface area contributed by atoms with Gasteiger partial charge in [0.1, 0.15) is 0 Å². The van der Waals surface area contributed by atoms with Crippen molar-refractivity contribution >= 4 is 5.71 Å². The van der Waals surface area contributed by atoms with E-state index >= 15 is 0 Å². The highest BCUT2D eigenvalue weighted by molar-refractivity contribution is 5.97. The van der Waals surface area contributed by atoms with Gasteiger partial charge in [-0.25, -0.2) is 0 Å². The van der Waals surface area contributed by atoms with Gasteiger partial charge in [0.15, 0.2) is 0 Å². The summed E-state index contributed by atoms with van der Waals surface area (Å²) < 4.78 is 0. The van der Waals surface area contributed by atoms with Gasteiger partial charge in [-0.05, 0) is 32.4 Å². The van der Waals surface area contributed by atoms with Gasteiger partial charge in [0, 0.05) is 49.5 Å². The van der Waals surface area contributed by atoms with Crippen molar-refractivity contribution in [2.24, 2.45) is 10.9 Å². The predicted octanol–water partition coefficient (Wildman–Crippen LogP) is 2.22. The van der Waals surface area contributed by atoms with Crippen molar-refractivity contribution in [1.29, 1.82) is 0 Å². The van der Waals surface area contributed by atoms with Crippen LogP contribution in [0.1, 0.15) is 27.2 Å². The fourth-order valence-electron chi connectivity index (χ4n) is 2.45. The Morgan fingerprint density at radius 1 is 1.28 bits per heavy atom. The summed E-state index contributed by atoms with van der Waals surface area (Å²) in [6.45, 7) is 11.0. The molecule has 1 N–H and O–H groups in total. The summed E-state index contributed by atoms with van der Waals surface area (Å²) in [4.78, 5) is 7.19. The summed E-state index contributed by atoms with van der Waals surface area (Å²) in [7, 11) is 0. The van der Waals surface area contributed by atoms with Crippen LogP contribution in [0.4, 0.5) is 0 Å². The second-order valence-corrected chi connectivity index (χ2v) is 5.48. The number of hydrogen-bond acceptors (Lipinski definition) is 3. The van der Waals surface area contributed by atoms with Crippen LogP contribution in [0.5, 0.6) is 0 Å². The maximum atomic E-state index is 4.72. The molecule has 2 rings (SSSR count). The van der Waals surface area contributed by atoms with Gasteiger partial charge >= 0.3 is 0 Å². The van der Waals surface area contributed by atoms with E-state index in [0.717, 1.165) is 32.6 Å². The Morgan fingerprint density at radius 2 is 2.00 bits per heavy atom. The number of rotatable bonds is 2. The van der Waals surface area contributed by atoms with Crippen molar-refractivity contribution < 1.29 is 0 Å². The summed E-state index contributed by atoms with van der Waals surface area (Å²) in [6, 6.07) is 0.382. The maximum Gasteiger partial charge on any atom is 0.0446 e. The Labute approximate surface area is 111 Å². The first-order chi connectivity index (χ1) is 8.66. The first-order valence-electron chi connectivity index (χ1n) is 7.08. The molecule has 1 aliphatic carbocycles. The fourth-order valence-corrected chi connectivity index (χ4v) is 2.45. The average Bonchev–Trinajstić information content (AvgIpc) is 2.54. The summed E-state index contributed by atoms with van der Waals surface area (Å²) in [5, 5.41) is 3.40. The van der Waals surface area contributed by atoms with Gasteiger partial charge in [-0.2, -0.15) is 0 Å². The third-order valence-corrected chi connectivity index (χ3v) is 3.50. The molecule has 18 heavy (non-hydrogen) atoms. The number of aliphatic imine (C=N–C) groups is 1. The van der Waals surface area contributed by atoms with Crippen LogP contribution in [-0.2, 0) is 0 Å². The molecule has 1 atom stereocenters. The van der Waals surface area contributed by atoms with Gasteiger partial charge in [0.05, 0.1) is 0 Å². The molecule has 0 spiro atoms. The van der Waals surface area contributed by atoms with Crippen LogP contribution in [0.25, 0.3) is 0 Å². The molecule has 0 aromatic rings. The zero-order chi connectivity index (χ0) is 13.0. The second-order valence-electron chi connectivity index (χ2n) is 5.48. The van der Waals surface area contributed by atoms with E-state index in [2.05, 4.69) is 49.2 Å². The minimum atomic E-state index is 0.382. The fraction of sp³-hybridized carbons (Fsp3) is 0.667. The van der Waals surface area contributed by atoms with Crippen molar-refractivity contribution in [3.63, 3.8) is 0 Å². The Hall–Kier alpha value is -1.09. The van der Waals surface area contributed by atoms with E-state index in [1.54, 1.807) is 0 Å². The highest BCUT2D eigenvalue weighted by Gasteiger charge is 2.15. The van der Waals surface area contributed by atoms with Gasteiger partial charge in [-0.1, -0.05) is 13.0 Å². The summed E-state index contributed by atoms with van der Waals surface area (Å²) >= 11 is 0. The lowest BCUT2D eigenvalue weighted by Gasteiger charge is -2.30. The molecular weight excluding hydrogens is 222 g/mol. The van der Waals surface area contributed by atoms with Crippen molar-refractivity contribution in [2.45, 2.75) is 33.2 Å². The van der Waals surface area contributed by atoms with E-state index in [4.69, 9.17) is 4.99 Å². The molecule has 0 aromatic carbocycles. The molecule has 2 aliphatic rings. The van der Waals surface area contributed by atoms with Crippen molar-refractivity contribution in [3.05, 3.63) is 23.9 Å². The van der Waals surface area contributed by atoms with Gasteiger partial charge in [-0.3, -0.25) is 4.99 Å². The maximum absolute atomic E-state index is 4.72. The molecular formula is C15H25N3. The zero-order valence-corrected chi connectivity index (χ0v) is 11.8. The minimum Gasteiger partial charge on any atom is -0.369 e. The predicted molar refractivity (Wildman–Crippen MR) is 78.0 cm³/mol. The van der Waals surface area contributed by atoms with E-state index in [9.17, 15) is 0 Å². The van der Waals surface area contributed by atoms with Crippen LogP contribution in [0.2, 0.25) is 0 Å². The molecule has 3 nitrogen and oxygen atoms in total. The summed E-state index contributed by atoms with van der Waals surface area (Å²) in [6.07, 6.45) is 7.93. The lowest BCUT2D eigenvalue weighted by molar-refractivity contribution is 0.306. The summed E-state index contributed by atoms with van der Waals surface area (Å²) in [5.41, 5.74) is 2.61. The SMILES string of the molecule is CC(C)N=C1C=CC(N2CCNCC2)=CCC1C. The van der Waals surface area contributed by atoms with E-state index in [-0.39, 0.29) is 0 Å². The number of nitrogens with one attached hydrogen (secondary N) is 1. The molecule has 0 bridgehead atoms.